The minimum atomic E-state index is -4.65. The third-order valence-corrected chi connectivity index (χ3v) is 5.34. The third kappa shape index (κ3) is 4.08. The highest BCUT2D eigenvalue weighted by atomic mass is 19.4. The number of aromatic nitrogens is 6. The second-order valence-electron chi connectivity index (χ2n) is 7.62. The predicted molar refractivity (Wildman–Crippen MR) is 116 cm³/mol. The highest BCUT2D eigenvalue weighted by Gasteiger charge is 2.32. The monoisotopic (exact) mass is 501 g/mol. The number of imidazole rings is 1. The van der Waals surface area contributed by atoms with Crippen molar-refractivity contribution in [1.29, 1.82) is 0 Å². The molecule has 2 N–H and O–H groups in total. The first-order valence-electron chi connectivity index (χ1n) is 10.2. The van der Waals surface area contributed by atoms with Crippen LogP contribution in [0.5, 0.6) is 0 Å². The van der Waals surface area contributed by atoms with Crippen LogP contribution in [0.2, 0.25) is 0 Å². The van der Waals surface area contributed by atoms with Gasteiger partial charge in [0.05, 0.1) is 5.52 Å². The Morgan fingerprint density at radius 1 is 0.917 bits per heavy atom. The van der Waals surface area contributed by atoms with Crippen molar-refractivity contribution in [2.45, 2.75) is 12.6 Å². The van der Waals surface area contributed by atoms with Crippen LogP contribution < -0.4 is 5.73 Å². The van der Waals surface area contributed by atoms with Gasteiger partial charge in [0, 0.05) is 36.1 Å². The van der Waals surface area contributed by atoms with E-state index < -0.39 is 41.3 Å². The van der Waals surface area contributed by atoms with Gasteiger partial charge in [0.25, 0.3) is 0 Å². The van der Waals surface area contributed by atoms with Crippen LogP contribution in [0.1, 0.15) is 17.1 Å². The van der Waals surface area contributed by atoms with Gasteiger partial charge in [-0.3, -0.25) is 4.98 Å². The van der Waals surface area contributed by atoms with Crippen molar-refractivity contribution in [3.8, 4) is 22.6 Å². The molecule has 0 saturated heterocycles. The molecule has 0 amide bonds. The summed E-state index contributed by atoms with van der Waals surface area (Å²) in [6.07, 6.45) is -1.43. The number of alkyl halides is 3. The van der Waals surface area contributed by atoms with E-state index in [-0.39, 0.29) is 34.3 Å². The van der Waals surface area contributed by atoms with Gasteiger partial charge in [-0.05, 0) is 42.0 Å². The van der Waals surface area contributed by atoms with Crippen molar-refractivity contribution >= 4 is 11.3 Å². The molecule has 0 atom stereocenters. The predicted octanol–water partition coefficient (Wildman–Crippen LogP) is 4.86. The number of hydrogen-bond donors (Lipinski definition) is 1. The molecule has 0 aliphatic carbocycles. The molecule has 0 saturated carbocycles. The minimum absolute atomic E-state index is 0.00159. The molecule has 36 heavy (non-hydrogen) atoms. The fourth-order valence-corrected chi connectivity index (χ4v) is 3.64. The molecule has 0 bridgehead atoms. The number of nitrogens with zero attached hydrogens (tertiary/aromatic N) is 6. The average Bonchev–Trinajstić information content (AvgIpc) is 3.22. The molecule has 182 valence electrons. The molecule has 0 fully saturated rings. The Morgan fingerprint density at radius 3 is 2.44 bits per heavy atom. The summed E-state index contributed by atoms with van der Waals surface area (Å²) in [6.45, 7) is 0. The van der Waals surface area contributed by atoms with Gasteiger partial charge in [-0.2, -0.15) is 18.3 Å². The molecule has 4 aromatic heterocycles. The summed E-state index contributed by atoms with van der Waals surface area (Å²) in [5.41, 5.74) is 5.16. The van der Waals surface area contributed by atoms with E-state index in [1.165, 1.54) is 23.0 Å². The lowest BCUT2D eigenvalue weighted by Gasteiger charge is -2.09. The third-order valence-electron chi connectivity index (χ3n) is 5.34. The zero-order valence-corrected chi connectivity index (χ0v) is 17.9. The van der Waals surface area contributed by atoms with E-state index in [9.17, 15) is 26.3 Å². The average molecular weight is 501 g/mol. The second kappa shape index (κ2) is 8.59. The van der Waals surface area contributed by atoms with Gasteiger partial charge in [-0.15, -0.1) is 0 Å². The summed E-state index contributed by atoms with van der Waals surface area (Å²) in [5, 5.41) is 4.14. The SMILES string of the molecule is Nc1nc(-c2nc(Cc3c(F)ccc(F)c3F)n3ncccc23)ncc1-c1ccnc(C(F)(F)F)c1. The molecule has 0 unspecified atom stereocenters. The molecular formula is C23H13F6N7. The number of hydrogen-bond acceptors (Lipinski definition) is 6. The van der Waals surface area contributed by atoms with E-state index in [0.717, 1.165) is 18.3 Å². The number of pyridine rings is 1. The number of nitrogens with two attached hydrogens (primary N) is 1. The van der Waals surface area contributed by atoms with Crippen LogP contribution in [0.25, 0.3) is 28.2 Å². The largest absolute Gasteiger partial charge is 0.433 e. The number of anilines is 1. The zero-order chi connectivity index (χ0) is 25.6. The Labute approximate surface area is 198 Å². The van der Waals surface area contributed by atoms with Crippen LogP contribution in [-0.4, -0.2) is 29.5 Å². The number of rotatable bonds is 4. The number of benzene rings is 1. The maximum absolute atomic E-state index is 14.3. The lowest BCUT2D eigenvalue weighted by atomic mass is 10.1. The first-order valence-corrected chi connectivity index (χ1v) is 10.2. The standard InChI is InChI=1S/C23H13F6N7/c24-14-3-4-15(25)19(26)12(14)9-18-34-20(16-2-1-6-33-36(16)18)22-32-10-13(21(30)35-22)11-5-7-31-17(8-11)23(27,28)29/h1-8,10H,9H2,(H2,30,32,35). The second-order valence-corrected chi connectivity index (χ2v) is 7.62. The van der Waals surface area contributed by atoms with E-state index in [1.807, 2.05) is 0 Å². The van der Waals surface area contributed by atoms with Crippen LogP contribution in [0.4, 0.5) is 32.2 Å². The molecule has 4 heterocycles. The summed E-state index contributed by atoms with van der Waals surface area (Å²) >= 11 is 0. The summed E-state index contributed by atoms with van der Waals surface area (Å²) in [7, 11) is 0. The van der Waals surface area contributed by atoms with Crippen LogP contribution in [0.3, 0.4) is 0 Å². The normalized spacial score (nSPS) is 11.8. The first kappa shape index (κ1) is 23.2. The molecule has 0 spiro atoms. The number of fused-ring (bicyclic) bond motifs is 1. The Balaban J connectivity index is 1.58. The maximum atomic E-state index is 14.3. The van der Waals surface area contributed by atoms with Crippen LogP contribution in [-0.2, 0) is 12.6 Å². The smallest absolute Gasteiger partial charge is 0.383 e. The van der Waals surface area contributed by atoms with Gasteiger partial charge in [0.1, 0.15) is 28.8 Å². The fraction of sp³-hybridized carbons (Fsp3) is 0.0870. The quantitative estimate of drug-likeness (QED) is 0.279. The van der Waals surface area contributed by atoms with Crippen LogP contribution >= 0.6 is 0 Å². The molecular weight excluding hydrogens is 488 g/mol. The number of nitrogen functional groups attached to an aromatic ring is 1. The van der Waals surface area contributed by atoms with Crippen molar-refractivity contribution in [2.24, 2.45) is 0 Å². The van der Waals surface area contributed by atoms with Crippen molar-refractivity contribution in [1.82, 2.24) is 29.5 Å². The fourth-order valence-electron chi connectivity index (χ4n) is 3.64. The van der Waals surface area contributed by atoms with E-state index in [4.69, 9.17) is 5.73 Å². The summed E-state index contributed by atoms with van der Waals surface area (Å²) in [6, 6.07) is 6.83. The summed E-state index contributed by atoms with van der Waals surface area (Å²) in [5.74, 6) is -3.57. The van der Waals surface area contributed by atoms with Crippen molar-refractivity contribution in [3.63, 3.8) is 0 Å². The van der Waals surface area contributed by atoms with Gasteiger partial charge in [0.15, 0.2) is 17.5 Å². The van der Waals surface area contributed by atoms with Gasteiger partial charge in [-0.25, -0.2) is 32.6 Å². The van der Waals surface area contributed by atoms with Gasteiger partial charge < -0.3 is 5.73 Å². The van der Waals surface area contributed by atoms with E-state index in [0.29, 0.717) is 11.6 Å². The molecule has 5 rings (SSSR count). The van der Waals surface area contributed by atoms with E-state index in [1.54, 1.807) is 12.1 Å². The maximum Gasteiger partial charge on any atom is 0.433 e. The molecule has 7 nitrogen and oxygen atoms in total. The number of halogens is 6. The van der Waals surface area contributed by atoms with Gasteiger partial charge in [0.2, 0.25) is 0 Å². The molecule has 0 aliphatic rings. The topological polar surface area (TPSA) is 94.9 Å². The minimum Gasteiger partial charge on any atom is -0.383 e. The summed E-state index contributed by atoms with van der Waals surface area (Å²) in [4.78, 5) is 16.1. The lowest BCUT2D eigenvalue weighted by molar-refractivity contribution is -0.141. The van der Waals surface area contributed by atoms with Gasteiger partial charge in [-0.1, -0.05) is 0 Å². The Hall–Kier alpha value is -4.55. The Bertz CT molecular complexity index is 1610. The molecule has 13 heteroatoms. The van der Waals surface area contributed by atoms with E-state index >= 15 is 0 Å². The lowest BCUT2D eigenvalue weighted by Crippen LogP contribution is -2.08. The summed E-state index contributed by atoms with van der Waals surface area (Å²) < 4.78 is 82.6. The zero-order valence-electron chi connectivity index (χ0n) is 17.9. The van der Waals surface area contributed by atoms with Crippen LogP contribution in [0.15, 0.2) is 55.0 Å². The highest BCUT2D eigenvalue weighted by molar-refractivity contribution is 5.78. The molecule has 1 aromatic carbocycles. The highest BCUT2D eigenvalue weighted by Crippen LogP contribution is 2.33. The molecule has 0 radical (unpaired) electrons. The van der Waals surface area contributed by atoms with E-state index in [2.05, 4.69) is 25.0 Å². The van der Waals surface area contributed by atoms with Gasteiger partial charge >= 0.3 is 6.18 Å². The Morgan fingerprint density at radius 2 is 1.69 bits per heavy atom. The van der Waals surface area contributed by atoms with Crippen molar-refractivity contribution < 1.29 is 26.3 Å². The molecule has 0 aliphatic heterocycles. The Kier molecular flexibility index (Phi) is 5.54. The van der Waals surface area contributed by atoms with Crippen molar-refractivity contribution in [3.05, 3.63) is 89.5 Å². The van der Waals surface area contributed by atoms with Crippen LogP contribution in [0, 0.1) is 17.5 Å². The first-order chi connectivity index (χ1) is 17.1. The molecule has 5 aromatic rings. The van der Waals surface area contributed by atoms with Crippen molar-refractivity contribution in [2.75, 3.05) is 5.73 Å².